The molecule has 0 aromatic rings. The Labute approximate surface area is 118 Å². The molecule has 0 atom stereocenters. The lowest BCUT2D eigenvalue weighted by atomic mass is 9.79. The van der Waals surface area contributed by atoms with E-state index < -0.39 is 0 Å². The molecule has 0 bridgehead atoms. The fraction of sp³-hybridized carbons (Fsp3) is 0.933. The van der Waals surface area contributed by atoms with E-state index >= 15 is 0 Å². The number of aliphatic hydroxyl groups is 1. The Morgan fingerprint density at radius 3 is 2.32 bits per heavy atom. The summed E-state index contributed by atoms with van der Waals surface area (Å²) < 4.78 is 0. The fourth-order valence-electron chi connectivity index (χ4n) is 2.74. The lowest BCUT2D eigenvalue weighted by molar-refractivity contribution is 0.175. The molecule has 0 unspecified atom stereocenters. The Hall–Kier alpha value is -0.770. The summed E-state index contributed by atoms with van der Waals surface area (Å²) in [7, 11) is 0. The van der Waals surface area contributed by atoms with E-state index in [-0.39, 0.29) is 12.0 Å². The largest absolute Gasteiger partial charge is 0.396 e. The summed E-state index contributed by atoms with van der Waals surface area (Å²) in [5, 5.41) is 12.7. The molecule has 1 fully saturated rings. The summed E-state index contributed by atoms with van der Waals surface area (Å²) in [4.78, 5) is 7.21. The predicted octanol–water partition coefficient (Wildman–Crippen LogP) is 2.24. The predicted molar refractivity (Wildman–Crippen MR) is 81.5 cm³/mol. The first-order valence-corrected chi connectivity index (χ1v) is 7.85. The van der Waals surface area contributed by atoms with Gasteiger partial charge in [-0.3, -0.25) is 4.99 Å². The summed E-state index contributed by atoms with van der Waals surface area (Å²) in [6.07, 6.45) is 5.55. The number of nitrogens with one attached hydrogen (secondary N) is 1. The van der Waals surface area contributed by atoms with Crippen LogP contribution < -0.4 is 5.32 Å². The summed E-state index contributed by atoms with van der Waals surface area (Å²) in [5.74, 6) is 1.06. The Morgan fingerprint density at radius 2 is 1.84 bits per heavy atom. The maximum Gasteiger partial charge on any atom is 0.193 e. The van der Waals surface area contributed by atoms with Crippen LogP contribution in [0.25, 0.3) is 0 Å². The quantitative estimate of drug-likeness (QED) is 0.550. The number of aliphatic hydroxyl groups excluding tert-OH is 1. The monoisotopic (exact) mass is 269 g/mol. The zero-order valence-electron chi connectivity index (χ0n) is 12.9. The molecule has 0 radical (unpaired) electrons. The van der Waals surface area contributed by atoms with Gasteiger partial charge in [-0.25, -0.2) is 0 Å². The van der Waals surface area contributed by atoms with Crippen LogP contribution in [0.4, 0.5) is 0 Å². The first-order valence-electron chi connectivity index (χ1n) is 7.85. The molecule has 0 aliphatic carbocycles. The second kappa shape index (κ2) is 8.41. The third kappa shape index (κ3) is 4.68. The molecule has 19 heavy (non-hydrogen) atoms. The SMILES string of the molecule is CCNC(=NCC(CC)(CC)CCO)N1CCCC1. The number of guanidine groups is 1. The normalized spacial score (nSPS) is 17.1. The van der Waals surface area contributed by atoms with Crippen LogP contribution in [-0.4, -0.2) is 48.8 Å². The number of nitrogens with zero attached hydrogens (tertiary/aromatic N) is 2. The molecule has 1 rings (SSSR count). The van der Waals surface area contributed by atoms with Crippen molar-refractivity contribution in [3.63, 3.8) is 0 Å². The van der Waals surface area contributed by atoms with Gasteiger partial charge in [0.05, 0.1) is 0 Å². The molecular weight excluding hydrogens is 238 g/mol. The van der Waals surface area contributed by atoms with Crippen LogP contribution in [0.15, 0.2) is 4.99 Å². The molecule has 1 saturated heterocycles. The van der Waals surface area contributed by atoms with Gasteiger partial charge in [-0.15, -0.1) is 0 Å². The van der Waals surface area contributed by atoms with Crippen LogP contribution in [0.1, 0.15) is 52.9 Å². The molecular formula is C15H31N3O. The molecule has 0 spiro atoms. The minimum atomic E-state index is 0.162. The van der Waals surface area contributed by atoms with Crippen molar-refractivity contribution in [1.82, 2.24) is 10.2 Å². The van der Waals surface area contributed by atoms with Crippen LogP contribution in [-0.2, 0) is 0 Å². The molecule has 1 heterocycles. The van der Waals surface area contributed by atoms with Crippen molar-refractivity contribution in [2.24, 2.45) is 10.4 Å². The summed E-state index contributed by atoms with van der Waals surface area (Å²) in [6.45, 7) is 10.8. The summed E-state index contributed by atoms with van der Waals surface area (Å²) >= 11 is 0. The van der Waals surface area contributed by atoms with Crippen molar-refractivity contribution >= 4 is 5.96 Å². The minimum absolute atomic E-state index is 0.162. The van der Waals surface area contributed by atoms with E-state index in [9.17, 15) is 5.11 Å². The van der Waals surface area contributed by atoms with Gasteiger partial charge in [0.1, 0.15) is 0 Å². The molecule has 112 valence electrons. The van der Waals surface area contributed by atoms with Gasteiger partial charge < -0.3 is 15.3 Å². The first-order chi connectivity index (χ1) is 9.21. The number of hydrogen-bond acceptors (Lipinski definition) is 2. The fourth-order valence-corrected chi connectivity index (χ4v) is 2.74. The maximum absolute atomic E-state index is 9.27. The molecule has 0 saturated carbocycles. The van der Waals surface area contributed by atoms with Crippen molar-refractivity contribution in [3.8, 4) is 0 Å². The molecule has 1 aliphatic rings. The molecule has 4 nitrogen and oxygen atoms in total. The Balaban J connectivity index is 2.70. The number of rotatable bonds is 7. The van der Waals surface area contributed by atoms with Gasteiger partial charge in [-0.1, -0.05) is 13.8 Å². The van der Waals surface area contributed by atoms with Gasteiger partial charge >= 0.3 is 0 Å². The van der Waals surface area contributed by atoms with E-state index in [1.807, 2.05) is 0 Å². The van der Waals surface area contributed by atoms with Gasteiger partial charge in [-0.2, -0.15) is 0 Å². The van der Waals surface area contributed by atoms with E-state index in [2.05, 4.69) is 31.0 Å². The molecule has 4 heteroatoms. The van der Waals surface area contributed by atoms with Crippen molar-refractivity contribution in [3.05, 3.63) is 0 Å². The number of aliphatic imine (C=N–C) groups is 1. The average molecular weight is 269 g/mol. The standard InChI is InChI=1S/C15H31N3O/c1-4-15(5-2,9-12-19)13-17-14(16-6-3)18-10-7-8-11-18/h19H,4-13H2,1-3H3,(H,16,17). The zero-order chi connectivity index (χ0) is 14.1. The Bertz CT molecular complexity index is 269. The Kier molecular flexibility index (Phi) is 7.21. The lowest BCUT2D eigenvalue weighted by Crippen LogP contribution is -2.40. The van der Waals surface area contributed by atoms with Crippen molar-refractivity contribution in [1.29, 1.82) is 0 Å². The van der Waals surface area contributed by atoms with E-state index in [0.717, 1.165) is 51.4 Å². The minimum Gasteiger partial charge on any atom is -0.396 e. The van der Waals surface area contributed by atoms with Crippen molar-refractivity contribution in [2.45, 2.75) is 52.9 Å². The van der Waals surface area contributed by atoms with Gasteiger partial charge in [-0.05, 0) is 44.4 Å². The van der Waals surface area contributed by atoms with Crippen LogP contribution in [0.5, 0.6) is 0 Å². The van der Waals surface area contributed by atoms with Gasteiger partial charge in [0.25, 0.3) is 0 Å². The Morgan fingerprint density at radius 1 is 1.21 bits per heavy atom. The molecule has 2 N–H and O–H groups in total. The summed E-state index contributed by atoms with van der Waals surface area (Å²) in [6, 6.07) is 0. The number of likely N-dealkylation sites (tertiary alicyclic amines) is 1. The molecule has 0 amide bonds. The van der Waals surface area contributed by atoms with E-state index in [1.165, 1.54) is 12.8 Å². The highest BCUT2D eigenvalue weighted by atomic mass is 16.3. The highest BCUT2D eigenvalue weighted by Gasteiger charge is 2.26. The van der Waals surface area contributed by atoms with E-state index in [1.54, 1.807) is 0 Å². The lowest BCUT2D eigenvalue weighted by Gasteiger charge is -2.30. The van der Waals surface area contributed by atoms with Crippen LogP contribution in [0, 0.1) is 5.41 Å². The highest BCUT2D eigenvalue weighted by Crippen LogP contribution is 2.30. The van der Waals surface area contributed by atoms with E-state index in [0.29, 0.717) is 0 Å². The average Bonchev–Trinajstić information content (AvgIpc) is 2.96. The second-order valence-electron chi connectivity index (χ2n) is 5.55. The number of hydrogen-bond donors (Lipinski definition) is 2. The smallest absolute Gasteiger partial charge is 0.193 e. The topological polar surface area (TPSA) is 47.9 Å². The van der Waals surface area contributed by atoms with Gasteiger partial charge in [0.15, 0.2) is 5.96 Å². The third-order valence-electron chi connectivity index (χ3n) is 4.45. The summed E-state index contributed by atoms with van der Waals surface area (Å²) in [5.41, 5.74) is 0.162. The van der Waals surface area contributed by atoms with Crippen LogP contribution in [0.3, 0.4) is 0 Å². The first kappa shape index (κ1) is 16.3. The van der Waals surface area contributed by atoms with Gasteiger partial charge in [0, 0.05) is 32.8 Å². The maximum atomic E-state index is 9.27. The zero-order valence-corrected chi connectivity index (χ0v) is 12.9. The van der Waals surface area contributed by atoms with E-state index in [4.69, 9.17) is 4.99 Å². The second-order valence-corrected chi connectivity index (χ2v) is 5.55. The van der Waals surface area contributed by atoms with Crippen molar-refractivity contribution < 1.29 is 5.11 Å². The van der Waals surface area contributed by atoms with Crippen molar-refractivity contribution in [2.75, 3.05) is 32.8 Å². The molecule has 0 aromatic carbocycles. The third-order valence-corrected chi connectivity index (χ3v) is 4.45. The van der Waals surface area contributed by atoms with Gasteiger partial charge in [0.2, 0.25) is 0 Å². The molecule has 0 aromatic heterocycles. The highest BCUT2D eigenvalue weighted by molar-refractivity contribution is 5.80. The van der Waals surface area contributed by atoms with Crippen LogP contribution in [0.2, 0.25) is 0 Å². The van der Waals surface area contributed by atoms with Crippen LogP contribution >= 0.6 is 0 Å². The molecule has 1 aliphatic heterocycles.